The van der Waals surface area contributed by atoms with Gasteiger partial charge in [0.25, 0.3) is 5.91 Å². The second kappa shape index (κ2) is 5.93. The predicted octanol–water partition coefficient (Wildman–Crippen LogP) is 3.64. The highest BCUT2D eigenvalue weighted by Crippen LogP contribution is 2.41. The zero-order chi connectivity index (χ0) is 15.7. The standard InChI is InChI=1S/C17H17NO3S/c1-10-2-4-11(5-3-10)15(12-6-7-12)18-16(19)13-8-9-14(22-13)17(20)21/h2-5,8-9,12,15H,6-7H2,1H3,(H,18,19)(H,20,21). The molecule has 0 spiro atoms. The summed E-state index contributed by atoms with van der Waals surface area (Å²) >= 11 is 1.01. The van der Waals surface area contributed by atoms with Gasteiger partial charge in [-0.25, -0.2) is 4.79 Å². The van der Waals surface area contributed by atoms with Crippen molar-refractivity contribution < 1.29 is 14.7 Å². The van der Waals surface area contributed by atoms with Gasteiger partial charge in [0.05, 0.1) is 10.9 Å². The molecule has 1 aliphatic rings. The first-order chi connectivity index (χ1) is 10.5. The molecule has 2 aromatic rings. The first-order valence-electron chi connectivity index (χ1n) is 7.25. The van der Waals surface area contributed by atoms with Crippen molar-refractivity contribution in [2.24, 2.45) is 5.92 Å². The first-order valence-corrected chi connectivity index (χ1v) is 8.07. The lowest BCUT2D eigenvalue weighted by Crippen LogP contribution is -2.29. The monoisotopic (exact) mass is 315 g/mol. The third kappa shape index (κ3) is 3.20. The van der Waals surface area contributed by atoms with Crippen molar-refractivity contribution in [3.05, 3.63) is 57.3 Å². The largest absolute Gasteiger partial charge is 0.477 e. The van der Waals surface area contributed by atoms with E-state index in [9.17, 15) is 9.59 Å². The number of thiophene rings is 1. The smallest absolute Gasteiger partial charge is 0.345 e. The topological polar surface area (TPSA) is 66.4 Å². The minimum absolute atomic E-state index is 0.00322. The van der Waals surface area contributed by atoms with Gasteiger partial charge in [0.1, 0.15) is 4.88 Å². The minimum atomic E-state index is -0.999. The quantitative estimate of drug-likeness (QED) is 0.885. The normalized spacial score (nSPS) is 15.3. The number of hydrogen-bond donors (Lipinski definition) is 2. The van der Waals surface area contributed by atoms with Gasteiger partial charge in [0.2, 0.25) is 0 Å². The maximum Gasteiger partial charge on any atom is 0.345 e. The summed E-state index contributed by atoms with van der Waals surface area (Å²) in [6, 6.07) is 11.2. The Bertz CT molecular complexity index is 701. The van der Waals surface area contributed by atoms with Crippen molar-refractivity contribution >= 4 is 23.2 Å². The van der Waals surface area contributed by atoms with Gasteiger partial charge in [-0.1, -0.05) is 29.8 Å². The number of rotatable bonds is 5. The molecule has 0 bridgehead atoms. The van der Waals surface area contributed by atoms with E-state index in [1.165, 1.54) is 11.6 Å². The number of carboxylic acid groups (broad SMARTS) is 1. The molecule has 4 nitrogen and oxygen atoms in total. The van der Waals surface area contributed by atoms with Gasteiger partial charge in [-0.3, -0.25) is 4.79 Å². The third-order valence-electron chi connectivity index (χ3n) is 3.86. The number of hydrogen-bond acceptors (Lipinski definition) is 3. The fourth-order valence-corrected chi connectivity index (χ4v) is 3.21. The number of carboxylic acids is 1. The third-order valence-corrected chi connectivity index (χ3v) is 4.93. The maximum atomic E-state index is 12.4. The van der Waals surface area contributed by atoms with Crippen LogP contribution in [0.15, 0.2) is 36.4 Å². The van der Waals surface area contributed by atoms with Crippen LogP contribution in [0.4, 0.5) is 0 Å². The summed E-state index contributed by atoms with van der Waals surface area (Å²) in [6.07, 6.45) is 2.23. The highest BCUT2D eigenvalue weighted by molar-refractivity contribution is 7.15. The van der Waals surface area contributed by atoms with E-state index in [1.54, 1.807) is 6.07 Å². The lowest BCUT2D eigenvalue weighted by molar-refractivity contribution is 0.0702. The van der Waals surface area contributed by atoms with E-state index in [4.69, 9.17) is 5.11 Å². The molecule has 1 aromatic heterocycles. The van der Waals surface area contributed by atoms with Crippen LogP contribution in [0.5, 0.6) is 0 Å². The van der Waals surface area contributed by atoms with Crippen LogP contribution in [0, 0.1) is 12.8 Å². The number of aromatic carboxylic acids is 1. The molecule has 0 saturated heterocycles. The average Bonchev–Trinajstić information content (AvgIpc) is 3.20. The number of aryl methyl sites for hydroxylation is 1. The molecule has 1 atom stereocenters. The number of carbonyl (C=O) groups excluding carboxylic acids is 1. The van der Waals surface area contributed by atoms with Gasteiger partial charge in [-0.05, 0) is 43.4 Å². The van der Waals surface area contributed by atoms with Gasteiger partial charge < -0.3 is 10.4 Å². The Morgan fingerprint density at radius 1 is 1.14 bits per heavy atom. The van der Waals surface area contributed by atoms with Crippen molar-refractivity contribution in [2.75, 3.05) is 0 Å². The summed E-state index contributed by atoms with van der Waals surface area (Å²) in [4.78, 5) is 23.9. The second-order valence-electron chi connectivity index (χ2n) is 5.67. The first kappa shape index (κ1) is 14.8. The lowest BCUT2D eigenvalue weighted by Gasteiger charge is -2.18. The Hall–Kier alpha value is -2.14. The van der Waals surface area contributed by atoms with Crippen molar-refractivity contribution in [2.45, 2.75) is 25.8 Å². The van der Waals surface area contributed by atoms with Crippen LogP contribution in [-0.4, -0.2) is 17.0 Å². The number of benzene rings is 1. The molecule has 1 fully saturated rings. The predicted molar refractivity (Wildman–Crippen MR) is 85.4 cm³/mol. The van der Waals surface area contributed by atoms with E-state index in [0.29, 0.717) is 10.8 Å². The molecule has 1 saturated carbocycles. The summed E-state index contributed by atoms with van der Waals surface area (Å²) in [6.45, 7) is 2.04. The molecule has 1 amide bonds. The Kier molecular flexibility index (Phi) is 3.98. The molecule has 2 N–H and O–H groups in total. The van der Waals surface area contributed by atoms with E-state index >= 15 is 0 Å². The summed E-state index contributed by atoms with van der Waals surface area (Å²) in [7, 11) is 0. The SMILES string of the molecule is Cc1ccc(C(NC(=O)c2ccc(C(=O)O)s2)C2CC2)cc1. The molecule has 1 aliphatic carbocycles. The molecular formula is C17H17NO3S. The van der Waals surface area contributed by atoms with E-state index in [-0.39, 0.29) is 16.8 Å². The molecule has 1 unspecified atom stereocenters. The minimum Gasteiger partial charge on any atom is -0.477 e. The van der Waals surface area contributed by atoms with Crippen LogP contribution in [0.1, 0.15) is 49.4 Å². The lowest BCUT2D eigenvalue weighted by atomic mass is 10.0. The maximum absolute atomic E-state index is 12.4. The van der Waals surface area contributed by atoms with Crippen molar-refractivity contribution in [3.8, 4) is 0 Å². The zero-order valence-electron chi connectivity index (χ0n) is 12.2. The molecule has 1 heterocycles. The van der Waals surface area contributed by atoms with Gasteiger partial charge in [0, 0.05) is 0 Å². The fraction of sp³-hybridized carbons (Fsp3) is 0.294. The number of amides is 1. The molecule has 5 heteroatoms. The Labute approximate surface area is 132 Å². The van der Waals surface area contributed by atoms with E-state index in [1.807, 2.05) is 19.1 Å². The van der Waals surface area contributed by atoms with Crippen molar-refractivity contribution in [3.63, 3.8) is 0 Å². The van der Waals surface area contributed by atoms with E-state index in [0.717, 1.165) is 29.7 Å². The summed E-state index contributed by atoms with van der Waals surface area (Å²) < 4.78 is 0. The fourth-order valence-electron chi connectivity index (χ4n) is 2.46. The molecule has 3 rings (SSSR count). The molecule has 0 radical (unpaired) electrons. The number of nitrogens with one attached hydrogen (secondary N) is 1. The second-order valence-corrected chi connectivity index (χ2v) is 6.75. The Balaban J connectivity index is 1.77. The Morgan fingerprint density at radius 2 is 1.77 bits per heavy atom. The molecule has 114 valence electrons. The van der Waals surface area contributed by atoms with Crippen LogP contribution in [0.3, 0.4) is 0 Å². The van der Waals surface area contributed by atoms with Gasteiger partial charge in [-0.2, -0.15) is 0 Å². The van der Waals surface area contributed by atoms with Crippen LogP contribution < -0.4 is 5.32 Å². The van der Waals surface area contributed by atoms with Gasteiger partial charge >= 0.3 is 5.97 Å². The Morgan fingerprint density at radius 3 is 2.32 bits per heavy atom. The van der Waals surface area contributed by atoms with Crippen LogP contribution in [-0.2, 0) is 0 Å². The van der Waals surface area contributed by atoms with Crippen LogP contribution >= 0.6 is 11.3 Å². The van der Waals surface area contributed by atoms with Gasteiger partial charge in [0.15, 0.2) is 0 Å². The highest BCUT2D eigenvalue weighted by atomic mass is 32.1. The summed E-state index contributed by atoms with van der Waals surface area (Å²) in [5.74, 6) is -0.720. The number of carbonyl (C=O) groups is 2. The highest BCUT2D eigenvalue weighted by Gasteiger charge is 2.33. The van der Waals surface area contributed by atoms with Crippen LogP contribution in [0.2, 0.25) is 0 Å². The molecule has 1 aromatic carbocycles. The van der Waals surface area contributed by atoms with E-state index in [2.05, 4.69) is 17.4 Å². The van der Waals surface area contributed by atoms with E-state index < -0.39 is 5.97 Å². The summed E-state index contributed by atoms with van der Waals surface area (Å²) in [5.41, 5.74) is 2.30. The summed E-state index contributed by atoms with van der Waals surface area (Å²) in [5, 5.41) is 12.0. The van der Waals surface area contributed by atoms with Crippen LogP contribution in [0.25, 0.3) is 0 Å². The van der Waals surface area contributed by atoms with Crippen molar-refractivity contribution in [1.29, 1.82) is 0 Å². The molecular weight excluding hydrogens is 298 g/mol. The van der Waals surface area contributed by atoms with Gasteiger partial charge in [-0.15, -0.1) is 11.3 Å². The molecule has 0 aliphatic heterocycles. The average molecular weight is 315 g/mol. The zero-order valence-corrected chi connectivity index (χ0v) is 13.0. The van der Waals surface area contributed by atoms with Crippen molar-refractivity contribution in [1.82, 2.24) is 5.32 Å². The molecule has 22 heavy (non-hydrogen) atoms.